The second kappa shape index (κ2) is 7.12. The number of pyridine rings is 1. The minimum absolute atomic E-state index is 0.0484. The summed E-state index contributed by atoms with van der Waals surface area (Å²) < 4.78 is 0. The Morgan fingerprint density at radius 1 is 1.17 bits per heavy atom. The van der Waals surface area contributed by atoms with E-state index in [1.807, 2.05) is 42.3 Å². The fraction of sp³-hybridized carbons (Fsp3) is 0.278. The maximum atomic E-state index is 12.1. The molecule has 1 heterocycles. The first-order chi connectivity index (χ1) is 11.3. The van der Waals surface area contributed by atoms with Crippen LogP contribution in [0.25, 0.3) is 0 Å². The zero-order valence-electron chi connectivity index (χ0n) is 14.0. The SMILES string of the molecule is CN(c1ccccc1)c1ccc(C(=O)NCC(C)(C)C(=O)O)cn1. The van der Waals surface area contributed by atoms with Gasteiger partial charge in [-0.05, 0) is 38.1 Å². The van der Waals surface area contributed by atoms with E-state index in [0.717, 1.165) is 5.69 Å². The predicted molar refractivity (Wildman–Crippen MR) is 92.5 cm³/mol. The van der Waals surface area contributed by atoms with E-state index in [4.69, 9.17) is 5.11 Å². The van der Waals surface area contributed by atoms with Gasteiger partial charge in [0.05, 0.1) is 11.0 Å². The van der Waals surface area contributed by atoms with Gasteiger partial charge < -0.3 is 15.3 Å². The number of carboxylic acids is 1. The van der Waals surface area contributed by atoms with Crippen LogP contribution in [0, 0.1) is 5.41 Å². The average molecular weight is 327 g/mol. The van der Waals surface area contributed by atoms with Crippen LogP contribution >= 0.6 is 0 Å². The van der Waals surface area contributed by atoms with E-state index < -0.39 is 11.4 Å². The monoisotopic (exact) mass is 327 g/mol. The molecule has 0 saturated carbocycles. The topological polar surface area (TPSA) is 82.5 Å². The van der Waals surface area contributed by atoms with Crippen molar-refractivity contribution in [3.63, 3.8) is 0 Å². The molecule has 0 radical (unpaired) electrons. The molecule has 2 N–H and O–H groups in total. The molecule has 0 aliphatic heterocycles. The highest BCUT2D eigenvalue weighted by Crippen LogP contribution is 2.21. The number of aliphatic carboxylic acids is 1. The Morgan fingerprint density at radius 3 is 2.38 bits per heavy atom. The number of hydrogen-bond acceptors (Lipinski definition) is 4. The first-order valence-corrected chi connectivity index (χ1v) is 7.58. The molecule has 0 unspecified atom stereocenters. The number of nitrogens with zero attached hydrogens (tertiary/aromatic N) is 2. The number of nitrogens with one attached hydrogen (secondary N) is 1. The number of hydrogen-bond donors (Lipinski definition) is 2. The predicted octanol–water partition coefficient (Wildman–Crippen LogP) is 2.69. The van der Waals surface area contributed by atoms with Gasteiger partial charge in [0.15, 0.2) is 0 Å². The van der Waals surface area contributed by atoms with Gasteiger partial charge in [-0.25, -0.2) is 4.98 Å². The van der Waals surface area contributed by atoms with Gasteiger partial charge in [0.1, 0.15) is 5.82 Å². The third kappa shape index (κ3) is 4.10. The third-order valence-electron chi connectivity index (χ3n) is 3.77. The Kier molecular flexibility index (Phi) is 5.18. The lowest BCUT2D eigenvalue weighted by Crippen LogP contribution is -2.38. The van der Waals surface area contributed by atoms with E-state index in [1.165, 1.54) is 6.20 Å². The van der Waals surface area contributed by atoms with Crippen molar-refractivity contribution < 1.29 is 14.7 Å². The maximum absolute atomic E-state index is 12.1. The van der Waals surface area contributed by atoms with E-state index >= 15 is 0 Å². The highest BCUT2D eigenvalue weighted by Gasteiger charge is 2.27. The zero-order chi connectivity index (χ0) is 17.7. The first kappa shape index (κ1) is 17.5. The van der Waals surface area contributed by atoms with Gasteiger partial charge in [0.2, 0.25) is 0 Å². The second-order valence-corrected chi connectivity index (χ2v) is 6.17. The van der Waals surface area contributed by atoms with Gasteiger partial charge in [0.25, 0.3) is 5.91 Å². The molecule has 0 atom stereocenters. The molecule has 6 heteroatoms. The summed E-state index contributed by atoms with van der Waals surface area (Å²) in [5.74, 6) is -0.588. The maximum Gasteiger partial charge on any atom is 0.310 e. The Hall–Kier alpha value is -2.89. The fourth-order valence-corrected chi connectivity index (χ4v) is 1.98. The molecule has 2 aromatic rings. The molecule has 0 bridgehead atoms. The highest BCUT2D eigenvalue weighted by atomic mass is 16.4. The first-order valence-electron chi connectivity index (χ1n) is 7.58. The van der Waals surface area contributed by atoms with Crippen LogP contribution in [0.4, 0.5) is 11.5 Å². The molecule has 126 valence electrons. The Bertz CT molecular complexity index is 712. The van der Waals surface area contributed by atoms with Gasteiger partial charge in [-0.3, -0.25) is 9.59 Å². The number of anilines is 2. The van der Waals surface area contributed by atoms with Crippen molar-refractivity contribution in [1.82, 2.24) is 10.3 Å². The minimum Gasteiger partial charge on any atom is -0.481 e. The number of carboxylic acid groups (broad SMARTS) is 1. The number of aromatic nitrogens is 1. The largest absolute Gasteiger partial charge is 0.481 e. The molecule has 2 rings (SSSR count). The molecule has 1 aromatic carbocycles. The molecule has 1 aromatic heterocycles. The van der Waals surface area contributed by atoms with Crippen LogP contribution in [0.15, 0.2) is 48.7 Å². The number of rotatable bonds is 6. The van der Waals surface area contributed by atoms with Crippen molar-refractivity contribution in [2.75, 3.05) is 18.5 Å². The van der Waals surface area contributed by atoms with E-state index in [2.05, 4.69) is 10.3 Å². The number of benzene rings is 1. The van der Waals surface area contributed by atoms with Crippen molar-refractivity contribution in [3.8, 4) is 0 Å². The minimum atomic E-state index is -1.02. The lowest BCUT2D eigenvalue weighted by molar-refractivity contribution is -0.146. The normalized spacial score (nSPS) is 11.0. The van der Waals surface area contributed by atoms with Crippen LogP contribution in [0.3, 0.4) is 0 Å². The lowest BCUT2D eigenvalue weighted by Gasteiger charge is -2.20. The summed E-state index contributed by atoms with van der Waals surface area (Å²) in [7, 11) is 1.90. The summed E-state index contributed by atoms with van der Waals surface area (Å²) in [6.07, 6.45) is 1.48. The number of carbonyl (C=O) groups is 2. The van der Waals surface area contributed by atoms with E-state index in [0.29, 0.717) is 11.4 Å². The average Bonchev–Trinajstić information content (AvgIpc) is 2.60. The molecular formula is C18H21N3O3. The fourth-order valence-electron chi connectivity index (χ4n) is 1.98. The van der Waals surface area contributed by atoms with Gasteiger partial charge >= 0.3 is 5.97 Å². The molecule has 0 spiro atoms. The van der Waals surface area contributed by atoms with Gasteiger partial charge in [-0.15, -0.1) is 0 Å². The highest BCUT2D eigenvalue weighted by molar-refractivity contribution is 5.94. The van der Waals surface area contributed by atoms with Gasteiger partial charge in [0, 0.05) is 25.5 Å². The van der Waals surface area contributed by atoms with Crippen LogP contribution in [0.1, 0.15) is 24.2 Å². The molecule has 24 heavy (non-hydrogen) atoms. The van der Waals surface area contributed by atoms with Gasteiger partial charge in [-0.1, -0.05) is 18.2 Å². The van der Waals surface area contributed by atoms with Crippen molar-refractivity contribution >= 4 is 23.4 Å². The van der Waals surface area contributed by atoms with E-state index in [1.54, 1.807) is 26.0 Å². The smallest absolute Gasteiger partial charge is 0.310 e. The van der Waals surface area contributed by atoms with Crippen molar-refractivity contribution in [2.45, 2.75) is 13.8 Å². The summed E-state index contributed by atoms with van der Waals surface area (Å²) in [4.78, 5) is 29.4. The molecule has 0 aliphatic carbocycles. The van der Waals surface area contributed by atoms with Crippen molar-refractivity contribution in [2.24, 2.45) is 5.41 Å². The molecule has 6 nitrogen and oxygen atoms in total. The third-order valence-corrected chi connectivity index (χ3v) is 3.77. The summed E-state index contributed by atoms with van der Waals surface area (Å²) in [5.41, 5.74) is 0.364. The molecular weight excluding hydrogens is 306 g/mol. The van der Waals surface area contributed by atoms with Gasteiger partial charge in [-0.2, -0.15) is 0 Å². The standard InChI is InChI=1S/C18H21N3O3/c1-18(2,17(23)24)12-20-16(22)13-9-10-15(19-11-13)21(3)14-7-5-4-6-8-14/h4-11H,12H2,1-3H3,(H,20,22)(H,23,24). The van der Waals surface area contributed by atoms with Crippen LogP contribution in [-0.2, 0) is 4.79 Å². The molecule has 1 amide bonds. The number of para-hydroxylation sites is 1. The Balaban J connectivity index is 2.04. The van der Waals surface area contributed by atoms with E-state index in [-0.39, 0.29) is 12.5 Å². The number of amides is 1. The van der Waals surface area contributed by atoms with Crippen molar-refractivity contribution in [3.05, 3.63) is 54.2 Å². The molecule has 0 aliphatic rings. The summed E-state index contributed by atoms with van der Waals surface area (Å²) >= 11 is 0. The zero-order valence-corrected chi connectivity index (χ0v) is 14.0. The van der Waals surface area contributed by atoms with Crippen molar-refractivity contribution in [1.29, 1.82) is 0 Å². The quantitative estimate of drug-likeness (QED) is 0.852. The summed E-state index contributed by atoms with van der Waals surface area (Å²) in [6.45, 7) is 3.17. The lowest BCUT2D eigenvalue weighted by atomic mass is 9.94. The van der Waals surface area contributed by atoms with Crippen LogP contribution < -0.4 is 10.2 Å². The van der Waals surface area contributed by atoms with Crippen LogP contribution in [-0.4, -0.2) is 35.6 Å². The molecule has 0 fully saturated rings. The van der Waals surface area contributed by atoms with Crippen LogP contribution in [0.5, 0.6) is 0 Å². The molecule has 0 saturated heterocycles. The number of carbonyl (C=O) groups excluding carboxylic acids is 1. The Labute approximate surface area is 141 Å². The second-order valence-electron chi connectivity index (χ2n) is 6.17. The van der Waals surface area contributed by atoms with Crippen LogP contribution in [0.2, 0.25) is 0 Å². The summed E-state index contributed by atoms with van der Waals surface area (Å²) in [5, 5.41) is 11.7. The summed E-state index contributed by atoms with van der Waals surface area (Å²) in [6, 6.07) is 13.2. The Morgan fingerprint density at radius 2 is 1.83 bits per heavy atom. The van der Waals surface area contributed by atoms with E-state index in [9.17, 15) is 9.59 Å².